The molecule has 1 amide bonds. The van der Waals surface area contributed by atoms with Crippen LogP contribution < -0.4 is 5.32 Å². The Balaban J connectivity index is 1.99. The minimum Gasteiger partial charge on any atom is -0.351 e. The van der Waals surface area contributed by atoms with Gasteiger partial charge in [0.15, 0.2) is 5.78 Å². The van der Waals surface area contributed by atoms with E-state index in [2.05, 4.69) is 22.0 Å². The van der Waals surface area contributed by atoms with Crippen LogP contribution in [0.25, 0.3) is 0 Å². The molecule has 0 aliphatic heterocycles. The van der Waals surface area contributed by atoms with Gasteiger partial charge in [0.1, 0.15) is 0 Å². The van der Waals surface area contributed by atoms with E-state index in [1.165, 1.54) is 5.56 Å². The van der Waals surface area contributed by atoms with Crippen LogP contribution in [0, 0.1) is 6.92 Å². The van der Waals surface area contributed by atoms with Gasteiger partial charge in [-0.3, -0.25) is 9.59 Å². The average Bonchev–Trinajstić information content (AvgIpc) is 2.81. The van der Waals surface area contributed by atoms with Gasteiger partial charge < -0.3 is 9.88 Å². The van der Waals surface area contributed by atoms with Crippen molar-refractivity contribution in [2.75, 3.05) is 0 Å². The zero-order valence-electron chi connectivity index (χ0n) is 16.2. The Morgan fingerprint density at radius 1 is 1.15 bits per heavy atom. The number of carbonyl (C=O) groups excluding carboxylic acids is 2. The number of rotatable bonds is 4. The molecule has 0 atom stereocenters. The van der Waals surface area contributed by atoms with Crippen molar-refractivity contribution in [2.24, 2.45) is 0 Å². The molecule has 0 saturated heterocycles. The van der Waals surface area contributed by atoms with Crippen molar-refractivity contribution >= 4 is 11.7 Å². The molecule has 1 N–H and O–H groups in total. The van der Waals surface area contributed by atoms with Crippen LogP contribution in [-0.2, 0) is 24.2 Å². The van der Waals surface area contributed by atoms with Gasteiger partial charge in [-0.15, -0.1) is 0 Å². The quantitative estimate of drug-likeness (QED) is 0.909. The van der Waals surface area contributed by atoms with E-state index in [4.69, 9.17) is 0 Å². The molecule has 0 bridgehead atoms. The zero-order chi connectivity index (χ0) is 18.9. The Morgan fingerprint density at radius 2 is 1.85 bits per heavy atom. The van der Waals surface area contributed by atoms with Crippen molar-refractivity contribution in [2.45, 2.75) is 65.5 Å². The molecule has 1 heterocycles. The topological polar surface area (TPSA) is 51.1 Å². The summed E-state index contributed by atoms with van der Waals surface area (Å²) in [5.41, 5.74) is 4.77. The largest absolute Gasteiger partial charge is 0.351 e. The first-order valence-electron chi connectivity index (χ1n) is 9.35. The highest BCUT2D eigenvalue weighted by molar-refractivity contribution is 6.01. The third-order valence-electron chi connectivity index (χ3n) is 4.89. The van der Waals surface area contributed by atoms with E-state index in [0.29, 0.717) is 6.42 Å². The molecule has 26 heavy (non-hydrogen) atoms. The Morgan fingerprint density at radius 3 is 2.50 bits per heavy atom. The van der Waals surface area contributed by atoms with Crippen LogP contribution in [0.5, 0.6) is 0 Å². The first-order valence-corrected chi connectivity index (χ1v) is 9.35. The lowest BCUT2D eigenvalue weighted by Crippen LogP contribution is -2.41. The summed E-state index contributed by atoms with van der Waals surface area (Å²) in [5.74, 6) is 0.151. The predicted octanol–water partition coefficient (Wildman–Crippen LogP) is 3.82. The van der Waals surface area contributed by atoms with Crippen molar-refractivity contribution < 1.29 is 9.59 Å². The first-order chi connectivity index (χ1) is 12.3. The van der Waals surface area contributed by atoms with Gasteiger partial charge in [0.25, 0.3) is 0 Å². The Bertz CT molecular complexity index is 826. The summed E-state index contributed by atoms with van der Waals surface area (Å²) in [5, 5.41) is 3.02. The summed E-state index contributed by atoms with van der Waals surface area (Å²) < 4.78 is 2.24. The Labute approximate surface area is 155 Å². The summed E-state index contributed by atoms with van der Waals surface area (Å²) in [7, 11) is 0. The lowest BCUT2D eigenvalue weighted by Gasteiger charge is -2.21. The number of benzene rings is 1. The SMILES string of the molecule is Cc1c(CC(=O)NC(C)(C)C)c2c(n1Cc1ccccc1)CCCC2=O. The first kappa shape index (κ1) is 18.4. The molecular formula is C22H28N2O2. The molecule has 4 heteroatoms. The number of hydrogen-bond donors (Lipinski definition) is 1. The molecule has 0 saturated carbocycles. The van der Waals surface area contributed by atoms with E-state index in [0.717, 1.165) is 41.9 Å². The van der Waals surface area contributed by atoms with Crippen molar-refractivity contribution in [1.29, 1.82) is 0 Å². The van der Waals surface area contributed by atoms with Crippen LogP contribution in [-0.4, -0.2) is 21.8 Å². The van der Waals surface area contributed by atoms with Crippen molar-refractivity contribution in [3.63, 3.8) is 0 Å². The lowest BCUT2D eigenvalue weighted by atomic mass is 9.91. The summed E-state index contributed by atoms with van der Waals surface area (Å²) in [4.78, 5) is 25.2. The number of carbonyl (C=O) groups is 2. The van der Waals surface area contributed by atoms with Crippen molar-refractivity contribution in [1.82, 2.24) is 9.88 Å². The molecule has 138 valence electrons. The molecule has 0 radical (unpaired) electrons. The summed E-state index contributed by atoms with van der Waals surface area (Å²) in [6, 6.07) is 10.3. The number of nitrogens with zero attached hydrogens (tertiary/aromatic N) is 1. The van der Waals surface area contributed by atoms with Gasteiger partial charge in [0.2, 0.25) is 5.91 Å². The van der Waals surface area contributed by atoms with Crippen molar-refractivity contribution in [3.05, 3.63) is 58.4 Å². The van der Waals surface area contributed by atoms with Gasteiger partial charge in [-0.1, -0.05) is 30.3 Å². The van der Waals surface area contributed by atoms with Crippen LogP contribution >= 0.6 is 0 Å². The van der Waals surface area contributed by atoms with Crippen LogP contribution in [0.15, 0.2) is 30.3 Å². The van der Waals surface area contributed by atoms with E-state index >= 15 is 0 Å². The molecule has 1 aromatic heterocycles. The van der Waals surface area contributed by atoms with E-state index in [-0.39, 0.29) is 23.7 Å². The number of fused-ring (bicyclic) bond motifs is 1. The molecule has 3 rings (SSSR count). The maximum absolute atomic E-state index is 12.6. The number of ketones is 1. The highest BCUT2D eigenvalue weighted by atomic mass is 16.1. The fraction of sp³-hybridized carbons (Fsp3) is 0.455. The zero-order valence-corrected chi connectivity index (χ0v) is 16.2. The second-order valence-electron chi connectivity index (χ2n) is 8.21. The van der Waals surface area contributed by atoms with Gasteiger partial charge in [0.05, 0.1) is 6.42 Å². The molecule has 2 aromatic rings. The van der Waals surface area contributed by atoms with E-state index in [9.17, 15) is 9.59 Å². The van der Waals surface area contributed by atoms with Gasteiger partial charge in [-0.2, -0.15) is 0 Å². The Kier molecular flexibility index (Phi) is 5.03. The highest BCUT2D eigenvalue weighted by Gasteiger charge is 2.29. The number of aromatic nitrogens is 1. The van der Waals surface area contributed by atoms with E-state index < -0.39 is 0 Å². The number of Topliss-reactive ketones (excluding diaryl/α,β-unsaturated/α-hetero) is 1. The molecule has 0 spiro atoms. The minimum atomic E-state index is -0.276. The molecule has 1 aromatic carbocycles. The van der Waals surface area contributed by atoms with Gasteiger partial charge in [0, 0.05) is 35.5 Å². The monoisotopic (exact) mass is 352 g/mol. The van der Waals surface area contributed by atoms with Gasteiger partial charge >= 0.3 is 0 Å². The fourth-order valence-electron chi connectivity index (χ4n) is 3.81. The summed E-state index contributed by atoms with van der Waals surface area (Å²) >= 11 is 0. The third kappa shape index (κ3) is 3.90. The maximum Gasteiger partial charge on any atom is 0.224 e. The Hall–Kier alpha value is -2.36. The lowest BCUT2D eigenvalue weighted by molar-refractivity contribution is -0.121. The number of hydrogen-bond acceptors (Lipinski definition) is 2. The second kappa shape index (κ2) is 7.10. The molecule has 0 unspecified atom stereocenters. The van der Waals surface area contributed by atoms with Crippen LogP contribution in [0.1, 0.15) is 66.5 Å². The molecular weight excluding hydrogens is 324 g/mol. The maximum atomic E-state index is 12.6. The molecule has 4 nitrogen and oxygen atoms in total. The molecule has 0 fully saturated rings. The molecule has 1 aliphatic rings. The smallest absolute Gasteiger partial charge is 0.224 e. The van der Waals surface area contributed by atoms with Crippen molar-refractivity contribution in [3.8, 4) is 0 Å². The number of amides is 1. The standard InChI is InChI=1S/C22H28N2O2/c1-15-17(13-20(26)23-22(2,3)4)21-18(11-8-12-19(21)25)24(15)14-16-9-6-5-7-10-16/h5-7,9-10H,8,11-14H2,1-4H3,(H,23,26). The van der Waals surface area contributed by atoms with E-state index in [1.54, 1.807) is 0 Å². The average molecular weight is 352 g/mol. The van der Waals surface area contributed by atoms with Crippen LogP contribution in [0.3, 0.4) is 0 Å². The van der Waals surface area contributed by atoms with E-state index in [1.807, 2.05) is 45.9 Å². The normalized spacial score (nSPS) is 14.2. The van der Waals surface area contributed by atoms with Crippen LogP contribution in [0.4, 0.5) is 0 Å². The minimum absolute atomic E-state index is 0.0290. The highest BCUT2D eigenvalue weighted by Crippen LogP contribution is 2.31. The van der Waals surface area contributed by atoms with Crippen LogP contribution in [0.2, 0.25) is 0 Å². The fourth-order valence-corrected chi connectivity index (χ4v) is 3.81. The third-order valence-corrected chi connectivity index (χ3v) is 4.89. The van der Waals surface area contributed by atoms with Gasteiger partial charge in [-0.05, 0) is 51.7 Å². The van der Waals surface area contributed by atoms with Gasteiger partial charge in [-0.25, -0.2) is 0 Å². The number of nitrogens with one attached hydrogen (secondary N) is 1. The summed E-state index contributed by atoms with van der Waals surface area (Å²) in [6.07, 6.45) is 2.63. The summed E-state index contributed by atoms with van der Waals surface area (Å²) in [6.45, 7) is 8.69. The second-order valence-corrected chi connectivity index (χ2v) is 8.21. The predicted molar refractivity (Wildman–Crippen MR) is 104 cm³/mol. The molecule has 1 aliphatic carbocycles.